The van der Waals surface area contributed by atoms with Crippen LogP contribution in [-0.2, 0) is 6.54 Å². The molecule has 106 valence electrons. The number of benzene rings is 2. The molecule has 0 aromatic heterocycles. The van der Waals surface area contributed by atoms with Crippen molar-refractivity contribution in [2.24, 2.45) is 0 Å². The first-order chi connectivity index (χ1) is 9.47. The second-order valence-electron chi connectivity index (χ2n) is 5.30. The van der Waals surface area contributed by atoms with Gasteiger partial charge in [0.2, 0.25) is 0 Å². The molecule has 0 fully saturated rings. The minimum atomic E-state index is -0.231. The summed E-state index contributed by atoms with van der Waals surface area (Å²) >= 11 is 6.17. The first-order valence-electron chi connectivity index (χ1n) is 6.75. The SMILES string of the molecule is Cc1ccc(-c2cc(F)ccc2CNC(C)C)cc1Cl. The highest BCUT2D eigenvalue weighted by atomic mass is 35.5. The highest BCUT2D eigenvalue weighted by Gasteiger charge is 2.08. The van der Waals surface area contributed by atoms with E-state index in [1.807, 2.05) is 31.2 Å². The molecule has 0 saturated heterocycles. The Balaban J connectivity index is 2.42. The van der Waals surface area contributed by atoms with Gasteiger partial charge in [-0.3, -0.25) is 0 Å². The molecule has 2 rings (SSSR count). The fraction of sp³-hybridized carbons (Fsp3) is 0.294. The zero-order valence-corrected chi connectivity index (χ0v) is 12.8. The second kappa shape index (κ2) is 6.38. The second-order valence-corrected chi connectivity index (χ2v) is 5.71. The number of aryl methyl sites for hydroxylation is 1. The van der Waals surface area contributed by atoms with Crippen molar-refractivity contribution in [3.8, 4) is 11.1 Å². The lowest BCUT2D eigenvalue weighted by Crippen LogP contribution is -2.22. The summed E-state index contributed by atoms with van der Waals surface area (Å²) in [6, 6.07) is 11.1. The van der Waals surface area contributed by atoms with Crippen molar-refractivity contribution in [1.82, 2.24) is 5.32 Å². The summed E-state index contributed by atoms with van der Waals surface area (Å²) in [5, 5.41) is 4.07. The normalized spacial score (nSPS) is 11.1. The molecule has 3 heteroatoms. The van der Waals surface area contributed by atoms with Crippen molar-refractivity contribution in [2.75, 3.05) is 0 Å². The molecule has 1 N–H and O–H groups in total. The van der Waals surface area contributed by atoms with Crippen molar-refractivity contribution in [2.45, 2.75) is 33.4 Å². The maximum absolute atomic E-state index is 13.6. The molecular weight excluding hydrogens is 273 g/mol. The zero-order chi connectivity index (χ0) is 14.7. The lowest BCUT2D eigenvalue weighted by molar-refractivity contribution is 0.587. The average Bonchev–Trinajstić information content (AvgIpc) is 2.40. The molecule has 0 aliphatic carbocycles. The quantitative estimate of drug-likeness (QED) is 0.840. The van der Waals surface area contributed by atoms with E-state index in [1.165, 1.54) is 6.07 Å². The van der Waals surface area contributed by atoms with Gasteiger partial charge in [0, 0.05) is 17.6 Å². The first kappa shape index (κ1) is 15.0. The first-order valence-corrected chi connectivity index (χ1v) is 7.13. The fourth-order valence-corrected chi connectivity index (χ4v) is 2.23. The van der Waals surface area contributed by atoms with Crippen molar-refractivity contribution in [3.63, 3.8) is 0 Å². The molecule has 1 nitrogen and oxygen atoms in total. The van der Waals surface area contributed by atoms with Gasteiger partial charge in [-0.25, -0.2) is 4.39 Å². The van der Waals surface area contributed by atoms with Crippen molar-refractivity contribution in [1.29, 1.82) is 0 Å². The van der Waals surface area contributed by atoms with E-state index in [-0.39, 0.29) is 5.82 Å². The van der Waals surface area contributed by atoms with Crippen LogP contribution in [0.25, 0.3) is 11.1 Å². The van der Waals surface area contributed by atoms with Crippen LogP contribution >= 0.6 is 11.6 Å². The predicted molar refractivity (Wildman–Crippen MR) is 83.6 cm³/mol. The summed E-state index contributed by atoms with van der Waals surface area (Å²) < 4.78 is 13.6. The third kappa shape index (κ3) is 3.59. The van der Waals surface area contributed by atoms with E-state index < -0.39 is 0 Å². The van der Waals surface area contributed by atoms with Gasteiger partial charge in [0.05, 0.1) is 0 Å². The Bertz CT molecular complexity index is 608. The van der Waals surface area contributed by atoms with Crippen LogP contribution < -0.4 is 5.32 Å². The van der Waals surface area contributed by atoms with E-state index in [9.17, 15) is 4.39 Å². The largest absolute Gasteiger partial charge is 0.310 e. The summed E-state index contributed by atoms with van der Waals surface area (Å²) in [4.78, 5) is 0. The van der Waals surface area contributed by atoms with E-state index in [2.05, 4.69) is 19.2 Å². The molecule has 0 spiro atoms. The van der Waals surface area contributed by atoms with E-state index in [1.54, 1.807) is 6.07 Å². The van der Waals surface area contributed by atoms with Crippen molar-refractivity contribution >= 4 is 11.6 Å². The molecule has 20 heavy (non-hydrogen) atoms. The number of nitrogens with one attached hydrogen (secondary N) is 1. The van der Waals surface area contributed by atoms with Gasteiger partial charge in [-0.05, 0) is 47.4 Å². The van der Waals surface area contributed by atoms with Gasteiger partial charge in [0.1, 0.15) is 5.82 Å². The van der Waals surface area contributed by atoms with E-state index in [0.29, 0.717) is 17.6 Å². The minimum Gasteiger partial charge on any atom is -0.310 e. The van der Waals surface area contributed by atoms with Crippen LogP contribution in [0.2, 0.25) is 5.02 Å². The Morgan fingerprint density at radius 1 is 1.15 bits per heavy atom. The smallest absolute Gasteiger partial charge is 0.123 e. The summed E-state index contributed by atoms with van der Waals surface area (Å²) in [7, 11) is 0. The molecule has 0 saturated carbocycles. The van der Waals surface area contributed by atoms with Crippen LogP contribution in [0.4, 0.5) is 4.39 Å². The molecule has 0 heterocycles. The molecule has 0 radical (unpaired) electrons. The van der Waals surface area contributed by atoms with Crippen LogP contribution in [-0.4, -0.2) is 6.04 Å². The standard InChI is InChI=1S/C17H19ClFN/c1-11(2)20-10-14-6-7-15(19)9-16(14)13-5-4-12(3)17(18)8-13/h4-9,11,20H,10H2,1-3H3. The number of rotatable bonds is 4. The molecule has 0 bridgehead atoms. The van der Waals surface area contributed by atoms with Gasteiger partial charge in [-0.1, -0.05) is 43.6 Å². The highest BCUT2D eigenvalue weighted by molar-refractivity contribution is 6.31. The number of hydrogen-bond acceptors (Lipinski definition) is 1. The topological polar surface area (TPSA) is 12.0 Å². The van der Waals surface area contributed by atoms with Gasteiger partial charge in [-0.15, -0.1) is 0 Å². The third-order valence-corrected chi connectivity index (χ3v) is 3.66. The molecule has 0 aliphatic heterocycles. The molecule has 0 unspecified atom stereocenters. The fourth-order valence-electron chi connectivity index (χ4n) is 2.05. The number of hydrogen-bond donors (Lipinski definition) is 1. The molecular formula is C17H19ClFN. The van der Waals surface area contributed by atoms with Crippen LogP contribution in [0.1, 0.15) is 25.0 Å². The minimum absolute atomic E-state index is 0.231. The van der Waals surface area contributed by atoms with Crippen molar-refractivity contribution in [3.05, 3.63) is 58.4 Å². The molecule has 2 aromatic carbocycles. The maximum atomic E-state index is 13.6. The van der Waals surface area contributed by atoms with Crippen molar-refractivity contribution < 1.29 is 4.39 Å². The number of halogens is 2. The van der Waals surface area contributed by atoms with Crippen LogP contribution in [0.15, 0.2) is 36.4 Å². The van der Waals surface area contributed by atoms with Crippen LogP contribution in [0.5, 0.6) is 0 Å². The molecule has 0 aliphatic rings. The van der Waals surface area contributed by atoms with Gasteiger partial charge >= 0.3 is 0 Å². The maximum Gasteiger partial charge on any atom is 0.123 e. The van der Waals surface area contributed by atoms with E-state index in [0.717, 1.165) is 22.3 Å². The van der Waals surface area contributed by atoms with Gasteiger partial charge in [-0.2, -0.15) is 0 Å². The average molecular weight is 292 g/mol. The Labute approximate surface area is 124 Å². The van der Waals surface area contributed by atoms with E-state index >= 15 is 0 Å². The van der Waals surface area contributed by atoms with Gasteiger partial charge < -0.3 is 5.32 Å². The summed E-state index contributed by atoms with van der Waals surface area (Å²) in [5.74, 6) is -0.231. The lowest BCUT2D eigenvalue weighted by Gasteiger charge is -2.14. The highest BCUT2D eigenvalue weighted by Crippen LogP contribution is 2.28. The van der Waals surface area contributed by atoms with Gasteiger partial charge in [0.15, 0.2) is 0 Å². The Kier molecular flexibility index (Phi) is 4.79. The Morgan fingerprint density at radius 2 is 1.90 bits per heavy atom. The monoisotopic (exact) mass is 291 g/mol. The zero-order valence-electron chi connectivity index (χ0n) is 12.0. The lowest BCUT2D eigenvalue weighted by atomic mass is 9.98. The Hall–Kier alpha value is -1.38. The predicted octanol–water partition coefficient (Wildman–Crippen LogP) is 4.95. The van der Waals surface area contributed by atoms with Crippen LogP contribution in [0, 0.1) is 12.7 Å². The molecule has 2 aromatic rings. The summed E-state index contributed by atoms with van der Waals surface area (Å²) in [6.07, 6.45) is 0. The summed E-state index contributed by atoms with van der Waals surface area (Å²) in [5.41, 5.74) is 3.93. The van der Waals surface area contributed by atoms with Crippen LogP contribution in [0.3, 0.4) is 0 Å². The molecule has 0 atom stereocenters. The summed E-state index contributed by atoms with van der Waals surface area (Å²) in [6.45, 7) is 6.84. The van der Waals surface area contributed by atoms with Gasteiger partial charge in [0.25, 0.3) is 0 Å². The third-order valence-electron chi connectivity index (χ3n) is 3.26. The molecule has 0 amide bonds. The Morgan fingerprint density at radius 3 is 2.55 bits per heavy atom. The van der Waals surface area contributed by atoms with E-state index in [4.69, 9.17) is 11.6 Å².